The first-order valence-electron chi connectivity index (χ1n) is 39.9. The Bertz CT molecular complexity index is 5360. The van der Waals surface area contributed by atoms with Crippen LogP contribution in [0.15, 0.2) is 194 Å². The van der Waals surface area contributed by atoms with Crippen LogP contribution in [-0.4, -0.2) is 182 Å². The molecule has 9 rings (SSSR count). The van der Waals surface area contributed by atoms with E-state index in [9.17, 15) is 94.4 Å². The third kappa shape index (κ3) is 27.2. The van der Waals surface area contributed by atoms with Gasteiger partial charge in [0.1, 0.15) is 60.1 Å². The zero-order chi connectivity index (χ0) is 92.6. The van der Waals surface area contributed by atoms with Gasteiger partial charge in [-0.05, 0) is 71.2 Å². The van der Waals surface area contributed by atoms with Crippen LogP contribution in [0.25, 0.3) is 10.9 Å². The van der Waals surface area contributed by atoms with Gasteiger partial charge in [0.05, 0.1) is 12.8 Å². The van der Waals surface area contributed by atoms with Crippen LogP contribution >= 0.6 is 20.2 Å². The van der Waals surface area contributed by atoms with Crippen molar-refractivity contribution in [1.82, 2.24) is 63.5 Å². The summed E-state index contributed by atoms with van der Waals surface area (Å²) in [7, 11) is 0. The van der Waals surface area contributed by atoms with Crippen molar-refractivity contribution in [3.63, 3.8) is 0 Å². The van der Waals surface area contributed by atoms with Gasteiger partial charge in [-0.25, -0.2) is 0 Å². The number of hydrogen-bond acceptors (Lipinski definition) is 16. The second kappa shape index (κ2) is 44.2. The van der Waals surface area contributed by atoms with Gasteiger partial charge in [0.25, 0.3) is 0 Å². The van der Waals surface area contributed by atoms with E-state index >= 15 is 14.4 Å². The van der Waals surface area contributed by atoms with Crippen LogP contribution in [0.4, 0.5) is 26.3 Å². The molecule has 127 heavy (non-hydrogen) atoms. The van der Waals surface area contributed by atoms with Crippen LogP contribution in [0.3, 0.4) is 0 Å². The molecule has 0 saturated carbocycles. The van der Waals surface area contributed by atoms with E-state index in [2.05, 4.69) is 73.3 Å². The molecule has 0 unspecified atom stereocenters. The quantitative estimate of drug-likeness (QED) is 0.0123. The molecule has 0 saturated heterocycles. The van der Waals surface area contributed by atoms with Crippen LogP contribution in [0.1, 0.15) is 103 Å². The number of aromatic hydroxyl groups is 1. The van der Waals surface area contributed by atoms with E-state index in [0.29, 0.717) is 44.8 Å². The zero-order valence-corrected chi connectivity index (χ0v) is 71.1. The molecular formula is C89H94F6IN13O18. The summed E-state index contributed by atoms with van der Waals surface area (Å²) in [5, 5.41) is 59.1. The van der Waals surface area contributed by atoms with Crippen molar-refractivity contribution in [3.8, 4) is 15.6 Å². The maximum Gasteiger partial charge on any atom is 0.243 e. The number of phenols is 1. The summed E-state index contributed by atoms with van der Waals surface area (Å²) in [4.78, 5) is 200. The molecule has 0 radical (unpaired) electrons. The Morgan fingerprint density at radius 2 is 0.858 bits per heavy atom. The number of benzene rings is 7. The Morgan fingerprint density at radius 3 is 1.31 bits per heavy atom. The van der Waals surface area contributed by atoms with Crippen LogP contribution in [0, 0.1) is 25.3 Å². The van der Waals surface area contributed by atoms with E-state index in [0.717, 1.165) is 12.1 Å². The fourth-order valence-electron chi connectivity index (χ4n) is 13.6. The molecule has 0 aliphatic carbocycles. The Balaban J connectivity index is 0.913. The van der Waals surface area contributed by atoms with Crippen molar-refractivity contribution in [2.75, 3.05) is 6.54 Å². The number of phenolic OH excluding ortho intramolecular Hbond substituents is 1. The summed E-state index contributed by atoms with van der Waals surface area (Å²) in [6.45, 7) is 7.10. The number of aromatic amines is 1. The van der Waals surface area contributed by atoms with E-state index in [-0.39, 0.29) is 59.0 Å². The van der Waals surface area contributed by atoms with E-state index in [4.69, 9.17) is 8.80 Å². The number of nitrogens with two attached hydrogens (primary N) is 1. The molecular weight excluding hydrogens is 1780 g/mol. The minimum absolute atomic E-state index is 0.0715. The molecule has 12 amide bonds. The fraction of sp³-hybridized carbons (Fsp3) is 0.326. The Hall–Kier alpha value is -13.7. The predicted molar refractivity (Wildman–Crippen MR) is 457 cm³/mol. The smallest absolute Gasteiger partial charge is 0.243 e. The standard InChI is InChI=1S/C89H94F6IN13O18/c1-49(2)39-64(78(118)103-67(43-56-31-35-59(110)36-32-56)80(120)106-69(44-58-47-98-63-28-18-15-25-60(58)63)82(122)105-68(42-55-23-13-8-14-24-55)85(125)109-75(50(3)4)86(126)100-51(5)76(97)116)102-83(123)70(45-73(112)113)108-84(124)71(46-74(114)115)107-81(121)66(41-54-21-11-7-12-22-54)104-79(119)65(40-53-19-9-6-10-20-53)101-72(111)48-99-77(117)57-33-29-52(30-34-57)37-38-96-62-27-17-16-26-61(62)87(127-96,88(90,91)92)89(93,94)95/h6-36,47,49-51,64-71,75,98,110H,39-46,48H2,1-5H3,(H2,97,116)(H,99,117)(H,100,126)(H,101,111)(H,102,123)(H,103,118)(H,104,119)(H,105,122)(H,106,120)(H,107,121)(H,108,124)(H,109,125)(H,112,113)(H,114,115)/t51-,64-,65-,66-,67-,68-,69-,70-,71-,75-/m0/s1. The van der Waals surface area contributed by atoms with Crippen LogP contribution in [0.2, 0.25) is 0 Å². The number of carboxylic acids is 2. The van der Waals surface area contributed by atoms with Gasteiger partial charge < -0.3 is 73.9 Å². The molecule has 17 N–H and O–H groups in total. The van der Waals surface area contributed by atoms with Crippen molar-refractivity contribution < 1.29 is 112 Å². The van der Waals surface area contributed by atoms with Gasteiger partial charge in [-0.3, -0.25) is 57.5 Å². The first-order valence-corrected chi connectivity index (χ1v) is 42.9. The number of alkyl halides is 6. The Labute approximate surface area is 731 Å². The van der Waals surface area contributed by atoms with Gasteiger partial charge in [0.15, 0.2) is 0 Å². The minimum atomic E-state index is -5.89. The van der Waals surface area contributed by atoms with Gasteiger partial charge in [0.2, 0.25) is 59.1 Å². The molecule has 7 aromatic carbocycles. The summed E-state index contributed by atoms with van der Waals surface area (Å²) in [5.41, 5.74) is 2.58. The number of primary amides is 1. The number of carbonyl (C=O) groups excluding carboxylic acids is 12. The van der Waals surface area contributed by atoms with Gasteiger partial charge in [-0.1, -0.05) is 149 Å². The first kappa shape index (κ1) is 97.1. The van der Waals surface area contributed by atoms with Crippen molar-refractivity contribution in [2.24, 2.45) is 17.6 Å². The number of carboxylic acid groups (broad SMARTS) is 2. The number of aliphatic carboxylic acids is 2. The van der Waals surface area contributed by atoms with Crippen LogP contribution in [0.5, 0.6) is 5.75 Å². The number of rotatable bonds is 40. The molecule has 0 spiro atoms. The van der Waals surface area contributed by atoms with Crippen molar-refractivity contribution in [2.45, 2.75) is 164 Å². The molecule has 31 nitrogen and oxygen atoms in total. The summed E-state index contributed by atoms with van der Waals surface area (Å²) < 4.78 is 92.6. The van der Waals surface area contributed by atoms with E-state index < -0.39 is 218 Å². The third-order valence-electron chi connectivity index (χ3n) is 20.2. The van der Waals surface area contributed by atoms with Crippen LogP contribution < -0.4 is 64.2 Å². The SMILES string of the molecule is CC(C)C[C@H](NC(=O)[C@H](CC(=O)O)NC(=O)[C@H](CC(=O)O)NC(=O)[C@H](Cc1ccccc1)NC(=O)[C@H](Cc1ccccc1)NC(=O)CNC(=O)c1ccc(C#CI2OC(C(F)(F)F)(C(F)(F)F)c3ccccc32)cc1)C(=O)N[C@@H](Cc1ccc(O)cc1)C(=O)N[C@@H](Cc1c[nH]c2ccccc12)C(=O)N[C@@H](Cc1ccccc1)C(=O)N[C@H](C(=O)N[C@@H](C)C(N)=O)C(C)C. The number of aromatic nitrogens is 1. The van der Waals surface area contributed by atoms with Crippen molar-refractivity contribution in [3.05, 3.63) is 242 Å². The maximum absolute atomic E-state index is 15.3. The molecule has 10 atom stereocenters. The molecule has 672 valence electrons. The van der Waals surface area contributed by atoms with Crippen molar-refractivity contribution >= 4 is 114 Å². The molecule has 38 heteroatoms. The van der Waals surface area contributed by atoms with Crippen molar-refractivity contribution in [1.29, 1.82) is 0 Å². The topological polar surface area (TPSA) is 483 Å². The second-order valence-electron chi connectivity index (χ2n) is 30.7. The number of carbonyl (C=O) groups is 14. The van der Waals surface area contributed by atoms with Gasteiger partial charge in [0, 0.05) is 49.2 Å². The number of hydrogen-bond donors (Lipinski definition) is 16. The summed E-state index contributed by atoms with van der Waals surface area (Å²) in [6, 6.07) is 29.4. The minimum Gasteiger partial charge on any atom is -0.508 e. The first-order chi connectivity index (χ1) is 60.2. The van der Waals surface area contributed by atoms with E-state index in [1.54, 1.807) is 149 Å². The van der Waals surface area contributed by atoms with Gasteiger partial charge in [-0.15, -0.1) is 0 Å². The molecule has 2 heterocycles. The normalized spacial score (nSPS) is 14.9. The summed E-state index contributed by atoms with van der Waals surface area (Å²) in [6.07, 6.45) is -14.4. The van der Waals surface area contributed by atoms with E-state index in [1.807, 2.05) is 0 Å². The number of H-pyrrole nitrogens is 1. The Morgan fingerprint density at radius 1 is 0.457 bits per heavy atom. The number of amides is 12. The largest absolute Gasteiger partial charge is 0.508 e. The summed E-state index contributed by atoms with van der Waals surface area (Å²) in [5.74, 6) is -14.6. The van der Waals surface area contributed by atoms with Gasteiger partial charge in [-0.2, -0.15) is 0 Å². The molecule has 1 aromatic heterocycles. The van der Waals surface area contributed by atoms with Crippen LogP contribution in [-0.2, 0) is 103 Å². The zero-order valence-electron chi connectivity index (χ0n) is 69.0. The van der Waals surface area contributed by atoms with Gasteiger partial charge >= 0.3 is 203 Å². The number of nitrogens with one attached hydrogen (secondary N) is 12. The Kier molecular flexibility index (Phi) is 33.8. The molecule has 1 aliphatic heterocycles. The monoisotopic (exact) mass is 1870 g/mol. The second-order valence-corrected chi connectivity index (χ2v) is 34.3. The number of halogens is 7. The molecule has 1 aliphatic rings. The fourth-order valence-corrected chi connectivity index (χ4v) is 17.8. The third-order valence-corrected chi connectivity index (χ3v) is 24.0. The number of fused-ring (bicyclic) bond motifs is 2. The van der Waals surface area contributed by atoms with E-state index in [1.165, 1.54) is 61.5 Å². The number of para-hydroxylation sites is 1. The predicted octanol–water partition coefficient (Wildman–Crippen LogP) is 5.77. The molecule has 8 aromatic rings. The average molecular weight is 1870 g/mol. The molecule has 0 bridgehead atoms. The average Bonchev–Trinajstić information content (AvgIpc) is 1.56. The molecule has 0 fully saturated rings. The summed E-state index contributed by atoms with van der Waals surface area (Å²) >= 11 is -3.97. The maximum atomic E-state index is 15.3.